The molecular formula is C8H9BrClN3. The Morgan fingerprint density at radius 2 is 2.23 bits per heavy atom. The molecule has 5 heteroatoms. The van der Waals surface area contributed by atoms with Gasteiger partial charge in [0.1, 0.15) is 5.15 Å². The molecule has 0 atom stereocenters. The third kappa shape index (κ3) is 3.32. The van der Waals surface area contributed by atoms with E-state index in [9.17, 15) is 0 Å². The van der Waals surface area contributed by atoms with Gasteiger partial charge in [0.05, 0.1) is 10.8 Å². The molecule has 0 unspecified atom stereocenters. The maximum absolute atomic E-state index is 5.71. The van der Waals surface area contributed by atoms with Crippen molar-refractivity contribution in [3.63, 3.8) is 0 Å². The fourth-order valence-corrected chi connectivity index (χ4v) is 1.14. The quantitative estimate of drug-likeness (QED) is 0.466. The van der Waals surface area contributed by atoms with E-state index in [1.54, 1.807) is 12.4 Å². The van der Waals surface area contributed by atoms with E-state index in [2.05, 4.69) is 25.9 Å². The molecule has 0 fully saturated rings. The number of aliphatic imine (C=N–C) groups is 1. The van der Waals surface area contributed by atoms with Crippen LogP contribution in [0.3, 0.4) is 0 Å². The summed E-state index contributed by atoms with van der Waals surface area (Å²) in [5.41, 5.74) is 0. The van der Waals surface area contributed by atoms with Crippen molar-refractivity contribution in [3.8, 4) is 0 Å². The van der Waals surface area contributed by atoms with Gasteiger partial charge in [-0.15, -0.1) is 0 Å². The van der Waals surface area contributed by atoms with Crippen molar-refractivity contribution in [2.24, 2.45) is 4.99 Å². The molecule has 0 aliphatic heterocycles. The molecule has 0 aliphatic rings. The molecule has 0 spiro atoms. The molecule has 0 radical (unpaired) electrons. The highest BCUT2D eigenvalue weighted by atomic mass is 79.9. The molecular weight excluding hydrogens is 253 g/mol. The van der Waals surface area contributed by atoms with Crippen molar-refractivity contribution in [1.29, 1.82) is 0 Å². The molecule has 0 N–H and O–H groups in total. The van der Waals surface area contributed by atoms with E-state index >= 15 is 0 Å². The van der Waals surface area contributed by atoms with Crippen molar-refractivity contribution < 1.29 is 0 Å². The number of aromatic nitrogens is 1. The molecule has 1 heterocycles. The van der Waals surface area contributed by atoms with E-state index in [0.717, 1.165) is 4.47 Å². The molecule has 70 valence electrons. The van der Waals surface area contributed by atoms with Crippen LogP contribution in [-0.4, -0.2) is 30.3 Å². The van der Waals surface area contributed by atoms with Crippen molar-refractivity contribution in [2.75, 3.05) is 14.1 Å². The Hall–Kier alpha value is -0.610. The van der Waals surface area contributed by atoms with Crippen LogP contribution < -0.4 is 0 Å². The summed E-state index contributed by atoms with van der Waals surface area (Å²) in [6, 6.07) is 3.53. The standard InChI is InChI=1S/C8H9BrClN3/c1-13(2)5-11-8-6(9)3-4-7(10)12-8/h3-5H,1-2H3/b11-5+. The molecule has 0 aromatic carbocycles. The number of halogens is 2. The highest BCUT2D eigenvalue weighted by Crippen LogP contribution is 2.24. The Bertz CT molecular complexity index is 325. The Balaban J connectivity index is 2.93. The normalized spacial score (nSPS) is 10.8. The Labute approximate surface area is 90.6 Å². The minimum Gasteiger partial charge on any atom is -0.369 e. The molecule has 0 aliphatic carbocycles. The lowest BCUT2D eigenvalue weighted by Gasteiger charge is -2.02. The number of pyridine rings is 1. The van der Waals surface area contributed by atoms with Crippen LogP contribution in [0.25, 0.3) is 0 Å². The summed E-state index contributed by atoms with van der Waals surface area (Å²) in [5.74, 6) is 0.584. The molecule has 1 rings (SSSR count). The van der Waals surface area contributed by atoms with Gasteiger partial charge in [0.15, 0.2) is 5.82 Å². The van der Waals surface area contributed by atoms with E-state index in [4.69, 9.17) is 11.6 Å². The topological polar surface area (TPSA) is 28.5 Å². The lowest BCUT2D eigenvalue weighted by molar-refractivity contribution is 0.643. The smallest absolute Gasteiger partial charge is 0.169 e. The second kappa shape index (κ2) is 4.58. The van der Waals surface area contributed by atoms with Gasteiger partial charge in [-0.1, -0.05) is 11.6 Å². The summed E-state index contributed by atoms with van der Waals surface area (Å²) >= 11 is 9.04. The monoisotopic (exact) mass is 261 g/mol. The summed E-state index contributed by atoms with van der Waals surface area (Å²) in [6.07, 6.45) is 1.67. The van der Waals surface area contributed by atoms with Crippen molar-refractivity contribution in [1.82, 2.24) is 9.88 Å². The Morgan fingerprint density at radius 3 is 2.85 bits per heavy atom. The third-order valence-electron chi connectivity index (χ3n) is 1.20. The molecule has 0 saturated carbocycles. The summed E-state index contributed by atoms with van der Waals surface area (Å²) < 4.78 is 0.829. The molecule has 1 aromatic heterocycles. The molecule has 0 bridgehead atoms. The Kier molecular flexibility index (Phi) is 3.69. The van der Waals surface area contributed by atoms with Gasteiger partial charge in [0.2, 0.25) is 0 Å². The second-order valence-electron chi connectivity index (χ2n) is 2.65. The van der Waals surface area contributed by atoms with Gasteiger partial charge in [-0.3, -0.25) is 0 Å². The Morgan fingerprint density at radius 1 is 1.54 bits per heavy atom. The summed E-state index contributed by atoms with van der Waals surface area (Å²) in [5, 5.41) is 0.439. The van der Waals surface area contributed by atoms with E-state index in [0.29, 0.717) is 11.0 Å². The first-order chi connectivity index (χ1) is 6.09. The van der Waals surface area contributed by atoms with Crippen molar-refractivity contribution in [2.45, 2.75) is 0 Å². The predicted molar refractivity (Wildman–Crippen MR) is 58.8 cm³/mol. The van der Waals surface area contributed by atoms with E-state index in [-0.39, 0.29) is 0 Å². The zero-order chi connectivity index (χ0) is 9.84. The first-order valence-electron chi connectivity index (χ1n) is 3.62. The van der Waals surface area contributed by atoms with E-state index in [1.807, 2.05) is 25.1 Å². The minimum absolute atomic E-state index is 0.439. The number of hydrogen-bond donors (Lipinski definition) is 0. The van der Waals surface area contributed by atoms with Gasteiger partial charge in [-0.2, -0.15) is 0 Å². The van der Waals surface area contributed by atoms with Crippen LogP contribution in [0.15, 0.2) is 21.6 Å². The maximum atomic E-state index is 5.71. The zero-order valence-corrected chi connectivity index (χ0v) is 9.67. The summed E-state index contributed by atoms with van der Waals surface area (Å²) in [6.45, 7) is 0. The summed E-state index contributed by atoms with van der Waals surface area (Å²) in [4.78, 5) is 9.99. The number of rotatable bonds is 2. The zero-order valence-electron chi connectivity index (χ0n) is 7.33. The first kappa shape index (κ1) is 10.5. The molecule has 13 heavy (non-hydrogen) atoms. The fourth-order valence-electron chi connectivity index (χ4n) is 0.669. The van der Waals surface area contributed by atoms with Gasteiger partial charge >= 0.3 is 0 Å². The first-order valence-corrected chi connectivity index (χ1v) is 4.79. The lowest BCUT2D eigenvalue weighted by Crippen LogP contribution is -2.07. The van der Waals surface area contributed by atoms with Gasteiger partial charge in [0, 0.05) is 14.1 Å². The number of nitrogens with zero attached hydrogens (tertiary/aromatic N) is 3. The van der Waals surface area contributed by atoms with Crippen LogP contribution in [0.5, 0.6) is 0 Å². The van der Waals surface area contributed by atoms with E-state index < -0.39 is 0 Å². The van der Waals surface area contributed by atoms with E-state index in [1.165, 1.54) is 0 Å². The molecule has 1 aromatic rings. The van der Waals surface area contributed by atoms with Gasteiger partial charge in [-0.25, -0.2) is 9.98 Å². The third-order valence-corrected chi connectivity index (χ3v) is 2.03. The fraction of sp³-hybridized carbons (Fsp3) is 0.250. The van der Waals surface area contributed by atoms with Gasteiger partial charge in [0.25, 0.3) is 0 Å². The predicted octanol–water partition coefficient (Wildman–Crippen LogP) is 2.72. The van der Waals surface area contributed by atoms with Gasteiger partial charge in [-0.05, 0) is 28.1 Å². The average Bonchev–Trinajstić information content (AvgIpc) is 2.06. The van der Waals surface area contributed by atoms with Crippen LogP contribution >= 0.6 is 27.5 Å². The van der Waals surface area contributed by atoms with Gasteiger partial charge < -0.3 is 4.90 Å². The van der Waals surface area contributed by atoms with Crippen LogP contribution in [-0.2, 0) is 0 Å². The minimum atomic E-state index is 0.439. The molecule has 0 amide bonds. The largest absolute Gasteiger partial charge is 0.369 e. The molecule has 0 saturated heterocycles. The average molecular weight is 263 g/mol. The second-order valence-corrected chi connectivity index (χ2v) is 3.89. The highest BCUT2D eigenvalue weighted by molar-refractivity contribution is 9.10. The van der Waals surface area contributed by atoms with Crippen molar-refractivity contribution in [3.05, 3.63) is 21.8 Å². The van der Waals surface area contributed by atoms with Crippen LogP contribution in [0.4, 0.5) is 5.82 Å². The molecule has 3 nitrogen and oxygen atoms in total. The van der Waals surface area contributed by atoms with Crippen LogP contribution in [0.2, 0.25) is 5.15 Å². The van der Waals surface area contributed by atoms with Crippen LogP contribution in [0.1, 0.15) is 0 Å². The van der Waals surface area contributed by atoms with Crippen molar-refractivity contribution >= 4 is 39.7 Å². The summed E-state index contributed by atoms with van der Waals surface area (Å²) in [7, 11) is 3.78. The lowest BCUT2D eigenvalue weighted by atomic mass is 10.5. The number of hydrogen-bond acceptors (Lipinski definition) is 2. The maximum Gasteiger partial charge on any atom is 0.169 e. The van der Waals surface area contributed by atoms with Crippen LogP contribution in [0, 0.1) is 0 Å². The highest BCUT2D eigenvalue weighted by Gasteiger charge is 1.99. The SMILES string of the molecule is CN(C)/C=N/c1nc(Cl)ccc1Br.